The molecule has 0 saturated heterocycles. The summed E-state index contributed by atoms with van der Waals surface area (Å²) in [5.41, 5.74) is 6.18. The summed E-state index contributed by atoms with van der Waals surface area (Å²) in [6.45, 7) is 5.91. The standard InChI is InChI=1S/C10H17N3O2.ClH/c1-6(11)4-5-12-10(14)9-7(2)13-8(3)15-9;/h6H,4-5,11H2,1-3H3,(H,12,14);1H. The fourth-order valence-corrected chi connectivity index (χ4v) is 1.24. The van der Waals surface area contributed by atoms with Crippen LogP contribution in [0.4, 0.5) is 0 Å². The number of nitrogens with zero attached hydrogens (tertiary/aromatic N) is 1. The Morgan fingerprint density at radius 3 is 2.62 bits per heavy atom. The lowest BCUT2D eigenvalue weighted by Crippen LogP contribution is -2.29. The highest BCUT2D eigenvalue weighted by molar-refractivity contribution is 5.92. The Bertz CT molecular complexity index is 350. The van der Waals surface area contributed by atoms with Gasteiger partial charge in [-0.3, -0.25) is 4.79 Å². The minimum atomic E-state index is -0.228. The molecule has 0 spiro atoms. The van der Waals surface area contributed by atoms with Gasteiger partial charge in [-0.1, -0.05) is 0 Å². The molecule has 1 unspecified atom stereocenters. The lowest BCUT2D eigenvalue weighted by Gasteiger charge is -2.05. The van der Waals surface area contributed by atoms with Crippen molar-refractivity contribution in [2.45, 2.75) is 33.2 Å². The zero-order chi connectivity index (χ0) is 11.4. The van der Waals surface area contributed by atoms with Gasteiger partial charge in [0.2, 0.25) is 5.76 Å². The van der Waals surface area contributed by atoms with Crippen LogP contribution in [0.3, 0.4) is 0 Å². The third-order valence-corrected chi connectivity index (χ3v) is 1.99. The molecule has 1 amide bonds. The summed E-state index contributed by atoms with van der Waals surface area (Å²) in [4.78, 5) is 15.6. The molecule has 16 heavy (non-hydrogen) atoms. The van der Waals surface area contributed by atoms with Crippen molar-refractivity contribution >= 4 is 18.3 Å². The fourth-order valence-electron chi connectivity index (χ4n) is 1.24. The summed E-state index contributed by atoms with van der Waals surface area (Å²) in [6.07, 6.45) is 0.748. The highest BCUT2D eigenvalue weighted by atomic mass is 35.5. The van der Waals surface area contributed by atoms with E-state index in [1.165, 1.54) is 0 Å². The zero-order valence-corrected chi connectivity index (χ0v) is 10.6. The van der Waals surface area contributed by atoms with Crippen LogP contribution >= 0.6 is 12.4 Å². The molecule has 1 heterocycles. The second-order valence-electron chi connectivity index (χ2n) is 3.67. The first-order chi connectivity index (χ1) is 7.00. The zero-order valence-electron chi connectivity index (χ0n) is 9.74. The lowest BCUT2D eigenvalue weighted by molar-refractivity contribution is 0.0923. The van der Waals surface area contributed by atoms with E-state index >= 15 is 0 Å². The first-order valence-corrected chi connectivity index (χ1v) is 4.98. The molecule has 5 nitrogen and oxygen atoms in total. The third kappa shape index (κ3) is 4.20. The van der Waals surface area contributed by atoms with Crippen molar-refractivity contribution in [1.29, 1.82) is 0 Å². The van der Waals surface area contributed by atoms with E-state index in [0.29, 0.717) is 18.1 Å². The van der Waals surface area contributed by atoms with Crippen molar-refractivity contribution in [2.24, 2.45) is 5.73 Å². The average Bonchev–Trinajstić information content (AvgIpc) is 2.44. The number of nitrogens with two attached hydrogens (primary N) is 1. The number of nitrogens with one attached hydrogen (secondary N) is 1. The van der Waals surface area contributed by atoms with Crippen LogP contribution in [0.1, 0.15) is 35.5 Å². The molecule has 0 aliphatic heterocycles. The van der Waals surface area contributed by atoms with Crippen molar-refractivity contribution < 1.29 is 9.21 Å². The molecule has 1 atom stereocenters. The smallest absolute Gasteiger partial charge is 0.289 e. The van der Waals surface area contributed by atoms with Crippen molar-refractivity contribution in [1.82, 2.24) is 10.3 Å². The Labute approximate surface area is 101 Å². The normalized spacial score (nSPS) is 11.8. The Morgan fingerprint density at radius 2 is 2.19 bits per heavy atom. The van der Waals surface area contributed by atoms with Crippen molar-refractivity contribution in [3.8, 4) is 0 Å². The molecule has 0 aliphatic rings. The molecular weight excluding hydrogens is 230 g/mol. The van der Waals surface area contributed by atoms with Crippen LogP contribution in [-0.2, 0) is 0 Å². The minimum absolute atomic E-state index is 0. The predicted octanol–water partition coefficient (Wildman–Crippen LogP) is 1.18. The maximum atomic E-state index is 11.6. The summed E-state index contributed by atoms with van der Waals surface area (Å²) in [5, 5.41) is 2.73. The number of carbonyl (C=O) groups excluding carboxylic acids is 1. The van der Waals surface area contributed by atoms with Crippen LogP contribution in [0.25, 0.3) is 0 Å². The van der Waals surface area contributed by atoms with Crippen LogP contribution < -0.4 is 11.1 Å². The van der Waals surface area contributed by atoms with Gasteiger partial charge in [0.15, 0.2) is 5.89 Å². The lowest BCUT2D eigenvalue weighted by atomic mass is 10.2. The van der Waals surface area contributed by atoms with E-state index in [2.05, 4.69) is 10.3 Å². The largest absolute Gasteiger partial charge is 0.436 e. The van der Waals surface area contributed by atoms with E-state index in [-0.39, 0.29) is 30.1 Å². The quantitative estimate of drug-likeness (QED) is 0.837. The van der Waals surface area contributed by atoms with E-state index < -0.39 is 0 Å². The molecule has 0 aromatic carbocycles. The number of hydrogen-bond acceptors (Lipinski definition) is 4. The number of aromatic nitrogens is 1. The Balaban J connectivity index is 0.00000225. The van der Waals surface area contributed by atoms with Crippen molar-refractivity contribution in [3.05, 3.63) is 17.3 Å². The molecule has 0 saturated carbocycles. The van der Waals surface area contributed by atoms with Gasteiger partial charge in [-0.2, -0.15) is 0 Å². The Kier molecular flexibility index (Phi) is 6.06. The van der Waals surface area contributed by atoms with Crippen LogP contribution in [-0.4, -0.2) is 23.5 Å². The maximum Gasteiger partial charge on any atom is 0.289 e. The van der Waals surface area contributed by atoms with E-state index in [0.717, 1.165) is 6.42 Å². The molecule has 6 heteroatoms. The molecule has 0 radical (unpaired) electrons. The fraction of sp³-hybridized carbons (Fsp3) is 0.600. The average molecular weight is 248 g/mol. The number of hydrogen-bond donors (Lipinski definition) is 2. The number of rotatable bonds is 4. The van der Waals surface area contributed by atoms with Gasteiger partial charge in [-0.15, -0.1) is 12.4 Å². The van der Waals surface area contributed by atoms with Gasteiger partial charge >= 0.3 is 0 Å². The number of oxazole rings is 1. The summed E-state index contributed by atoms with van der Waals surface area (Å²) in [7, 11) is 0. The molecule has 0 fully saturated rings. The maximum absolute atomic E-state index is 11.6. The molecule has 92 valence electrons. The van der Waals surface area contributed by atoms with Crippen LogP contribution in [0.2, 0.25) is 0 Å². The predicted molar refractivity (Wildman–Crippen MR) is 63.8 cm³/mol. The van der Waals surface area contributed by atoms with Gasteiger partial charge in [0, 0.05) is 19.5 Å². The first-order valence-electron chi connectivity index (χ1n) is 4.98. The second-order valence-corrected chi connectivity index (χ2v) is 3.67. The van der Waals surface area contributed by atoms with Gasteiger partial charge < -0.3 is 15.5 Å². The number of aryl methyl sites for hydroxylation is 2. The van der Waals surface area contributed by atoms with Gasteiger partial charge in [0.05, 0.1) is 5.69 Å². The summed E-state index contributed by atoms with van der Waals surface area (Å²) < 4.78 is 5.18. The van der Waals surface area contributed by atoms with E-state index in [9.17, 15) is 4.79 Å². The van der Waals surface area contributed by atoms with Gasteiger partial charge in [-0.25, -0.2) is 4.98 Å². The number of amides is 1. The Hall–Kier alpha value is -1.07. The topological polar surface area (TPSA) is 81.2 Å². The van der Waals surface area contributed by atoms with E-state index in [4.69, 9.17) is 10.2 Å². The molecular formula is C10H18ClN3O2. The van der Waals surface area contributed by atoms with Gasteiger partial charge in [-0.05, 0) is 20.3 Å². The molecule has 1 aromatic rings. The molecule has 3 N–H and O–H groups in total. The summed E-state index contributed by atoms with van der Waals surface area (Å²) in [5.74, 6) is 0.566. The van der Waals surface area contributed by atoms with Crippen LogP contribution in [0, 0.1) is 13.8 Å². The van der Waals surface area contributed by atoms with E-state index in [1.807, 2.05) is 6.92 Å². The van der Waals surface area contributed by atoms with Crippen LogP contribution in [0.15, 0.2) is 4.42 Å². The highest BCUT2D eigenvalue weighted by Crippen LogP contribution is 2.08. The molecule has 0 aliphatic carbocycles. The second kappa shape index (κ2) is 6.50. The molecule has 1 rings (SSSR count). The molecule has 0 bridgehead atoms. The first kappa shape index (κ1) is 14.9. The summed E-state index contributed by atoms with van der Waals surface area (Å²) >= 11 is 0. The van der Waals surface area contributed by atoms with Gasteiger partial charge in [0.1, 0.15) is 0 Å². The monoisotopic (exact) mass is 247 g/mol. The number of carbonyl (C=O) groups is 1. The SMILES string of the molecule is Cc1nc(C)c(C(=O)NCCC(C)N)o1.Cl. The van der Waals surface area contributed by atoms with Crippen molar-refractivity contribution in [3.63, 3.8) is 0 Å². The third-order valence-electron chi connectivity index (χ3n) is 1.99. The Morgan fingerprint density at radius 1 is 1.56 bits per heavy atom. The number of halogens is 1. The van der Waals surface area contributed by atoms with E-state index in [1.54, 1.807) is 13.8 Å². The minimum Gasteiger partial charge on any atom is -0.436 e. The highest BCUT2D eigenvalue weighted by Gasteiger charge is 2.14. The van der Waals surface area contributed by atoms with Crippen molar-refractivity contribution in [2.75, 3.05) is 6.54 Å². The van der Waals surface area contributed by atoms with Gasteiger partial charge in [0.25, 0.3) is 5.91 Å². The van der Waals surface area contributed by atoms with Crippen LogP contribution in [0.5, 0.6) is 0 Å². The summed E-state index contributed by atoms with van der Waals surface area (Å²) in [6, 6.07) is 0.0860. The molecule has 1 aromatic heterocycles.